The SMILES string of the molecule is Cc1nc(C(C)NC(=O)C2CC=CCC2)sc1C(=O)O. The molecule has 2 unspecified atom stereocenters. The Labute approximate surface area is 121 Å². The van der Waals surface area contributed by atoms with Crippen molar-refractivity contribution in [3.05, 3.63) is 27.7 Å². The number of carboxylic acid groups (broad SMARTS) is 1. The summed E-state index contributed by atoms with van der Waals surface area (Å²) in [4.78, 5) is 27.6. The number of aromatic carboxylic acids is 1. The summed E-state index contributed by atoms with van der Waals surface area (Å²) >= 11 is 1.12. The number of rotatable bonds is 4. The van der Waals surface area contributed by atoms with Crippen LogP contribution in [0.5, 0.6) is 0 Å². The summed E-state index contributed by atoms with van der Waals surface area (Å²) in [5.74, 6) is -0.934. The second kappa shape index (κ2) is 6.17. The van der Waals surface area contributed by atoms with Gasteiger partial charge in [-0.05, 0) is 33.1 Å². The highest BCUT2D eigenvalue weighted by Crippen LogP contribution is 2.25. The second-order valence-corrected chi connectivity index (χ2v) is 6.01. The number of aryl methyl sites for hydroxylation is 1. The van der Waals surface area contributed by atoms with Crippen molar-refractivity contribution in [3.8, 4) is 0 Å². The summed E-state index contributed by atoms with van der Waals surface area (Å²) in [5, 5.41) is 12.6. The fraction of sp³-hybridized carbons (Fsp3) is 0.500. The van der Waals surface area contributed by atoms with Gasteiger partial charge in [0.15, 0.2) is 0 Å². The molecule has 1 amide bonds. The zero-order valence-corrected chi connectivity index (χ0v) is 12.4. The lowest BCUT2D eigenvalue weighted by Gasteiger charge is -2.19. The van der Waals surface area contributed by atoms with Gasteiger partial charge < -0.3 is 10.4 Å². The smallest absolute Gasteiger partial charge is 0.347 e. The number of nitrogens with one attached hydrogen (secondary N) is 1. The Hall–Kier alpha value is -1.69. The van der Waals surface area contributed by atoms with E-state index in [2.05, 4.69) is 16.4 Å². The molecular weight excluding hydrogens is 276 g/mol. The normalized spacial score (nSPS) is 19.6. The number of carbonyl (C=O) groups excluding carboxylic acids is 1. The molecule has 0 aromatic carbocycles. The Bertz CT molecular complexity index is 551. The Kier molecular flexibility index (Phi) is 4.54. The Balaban J connectivity index is 2.02. The Morgan fingerprint density at radius 2 is 2.25 bits per heavy atom. The molecule has 0 radical (unpaired) electrons. The third-order valence-corrected chi connectivity index (χ3v) is 4.70. The van der Waals surface area contributed by atoms with Crippen molar-refractivity contribution in [1.29, 1.82) is 0 Å². The fourth-order valence-electron chi connectivity index (χ4n) is 2.23. The minimum absolute atomic E-state index is 0.0162. The topological polar surface area (TPSA) is 79.3 Å². The van der Waals surface area contributed by atoms with E-state index in [4.69, 9.17) is 5.11 Å². The number of thiazole rings is 1. The molecule has 108 valence electrons. The van der Waals surface area contributed by atoms with Gasteiger partial charge >= 0.3 is 5.97 Å². The molecule has 0 spiro atoms. The number of hydrogen-bond donors (Lipinski definition) is 2. The van der Waals surface area contributed by atoms with E-state index in [1.165, 1.54) is 0 Å². The molecule has 1 aromatic rings. The first-order valence-electron chi connectivity index (χ1n) is 6.65. The molecule has 1 heterocycles. The fourth-order valence-corrected chi connectivity index (χ4v) is 3.13. The van der Waals surface area contributed by atoms with E-state index in [9.17, 15) is 9.59 Å². The minimum Gasteiger partial charge on any atom is -0.477 e. The van der Waals surface area contributed by atoms with E-state index in [0.29, 0.717) is 10.7 Å². The first-order valence-corrected chi connectivity index (χ1v) is 7.46. The molecule has 5 nitrogen and oxygen atoms in total. The maximum absolute atomic E-state index is 12.1. The third kappa shape index (κ3) is 3.25. The number of allylic oxidation sites excluding steroid dienone is 2. The van der Waals surface area contributed by atoms with Crippen molar-refractivity contribution in [3.63, 3.8) is 0 Å². The molecule has 2 N–H and O–H groups in total. The number of amides is 1. The summed E-state index contributed by atoms with van der Waals surface area (Å²) in [6.07, 6.45) is 6.71. The van der Waals surface area contributed by atoms with Gasteiger partial charge in [0.05, 0.1) is 11.7 Å². The van der Waals surface area contributed by atoms with Crippen molar-refractivity contribution in [2.45, 2.75) is 39.2 Å². The quantitative estimate of drug-likeness (QED) is 0.837. The third-order valence-electron chi connectivity index (χ3n) is 3.38. The highest BCUT2D eigenvalue weighted by atomic mass is 32.1. The van der Waals surface area contributed by atoms with Gasteiger partial charge in [0.2, 0.25) is 5.91 Å². The minimum atomic E-state index is -0.970. The summed E-state index contributed by atoms with van der Waals surface area (Å²) in [6.45, 7) is 3.50. The van der Waals surface area contributed by atoms with Crippen LogP contribution in [0.15, 0.2) is 12.2 Å². The van der Waals surface area contributed by atoms with E-state index in [1.807, 2.05) is 13.0 Å². The van der Waals surface area contributed by atoms with Crippen LogP contribution in [-0.2, 0) is 4.79 Å². The van der Waals surface area contributed by atoms with E-state index >= 15 is 0 Å². The van der Waals surface area contributed by atoms with Gasteiger partial charge in [-0.15, -0.1) is 11.3 Å². The summed E-state index contributed by atoms with van der Waals surface area (Å²) in [5.41, 5.74) is 0.499. The van der Waals surface area contributed by atoms with Crippen LogP contribution in [0.1, 0.15) is 52.6 Å². The van der Waals surface area contributed by atoms with Crippen molar-refractivity contribution in [2.75, 3.05) is 0 Å². The molecule has 6 heteroatoms. The highest BCUT2D eigenvalue weighted by molar-refractivity contribution is 7.13. The number of carboxylic acids is 1. The maximum Gasteiger partial charge on any atom is 0.347 e. The van der Waals surface area contributed by atoms with E-state index < -0.39 is 5.97 Å². The number of nitrogens with zero attached hydrogens (tertiary/aromatic N) is 1. The number of carbonyl (C=O) groups is 2. The molecule has 20 heavy (non-hydrogen) atoms. The van der Waals surface area contributed by atoms with E-state index in [0.717, 1.165) is 30.6 Å². The molecule has 1 aliphatic carbocycles. The number of hydrogen-bond acceptors (Lipinski definition) is 4. The van der Waals surface area contributed by atoms with Gasteiger partial charge in [0, 0.05) is 5.92 Å². The average molecular weight is 294 g/mol. The lowest BCUT2D eigenvalue weighted by Crippen LogP contribution is -2.33. The molecule has 0 aliphatic heterocycles. The summed E-state index contributed by atoms with van der Waals surface area (Å²) < 4.78 is 0. The van der Waals surface area contributed by atoms with Crippen LogP contribution in [0.3, 0.4) is 0 Å². The highest BCUT2D eigenvalue weighted by Gasteiger charge is 2.23. The maximum atomic E-state index is 12.1. The molecule has 2 rings (SSSR count). The Morgan fingerprint density at radius 3 is 2.80 bits per heavy atom. The first-order chi connectivity index (χ1) is 9.49. The molecule has 1 aromatic heterocycles. The zero-order chi connectivity index (χ0) is 14.7. The van der Waals surface area contributed by atoms with Gasteiger partial charge in [0.1, 0.15) is 9.88 Å². The van der Waals surface area contributed by atoms with Crippen LogP contribution in [0.4, 0.5) is 0 Å². The van der Waals surface area contributed by atoms with Crippen LogP contribution < -0.4 is 5.32 Å². The first kappa shape index (κ1) is 14.7. The number of aromatic nitrogens is 1. The van der Waals surface area contributed by atoms with Gasteiger partial charge in [-0.25, -0.2) is 9.78 Å². The summed E-state index contributed by atoms with van der Waals surface area (Å²) in [6, 6.07) is -0.259. The molecular formula is C14H18N2O3S. The lowest BCUT2D eigenvalue weighted by atomic mass is 9.93. The van der Waals surface area contributed by atoms with Crippen LogP contribution in [0.25, 0.3) is 0 Å². The van der Waals surface area contributed by atoms with Crippen molar-refractivity contribution in [2.24, 2.45) is 5.92 Å². The monoisotopic (exact) mass is 294 g/mol. The van der Waals surface area contributed by atoms with E-state index in [-0.39, 0.29) is 22.7 Å². The molecule has 0 fully saturated rings. The molecule has 2 atom stereocenters. The van der Waals surface area contributed by atoms with Gasteiger partial charge in [-0.3, -0.25) is 4.79 Å². The van der Waals surface area contributed by atoms with Crippen molar-refractivity contribution < 1.29 is 14.7 Å². The molecule has 1 aliphatic rings. The van der Waals surface area contributed by atoms with Crippen LogP contribution in [0.2, 0.25) is 0 Å². The van der Waals surface area contributed by atoms with Crippen LogP contribution >= 0.6 is 11.3 Å². The van der Waals surface area contributed by atoms with Gasteiger partial charge in [-0.1, -0.05) is 12.2 Å². The molecule has 0 bridgehead atoms. The van der Waals surface area contributed by atoms with Gasteiger partial charge in [0.25, 0.3) is 0 Å². The molecule has 0 saturated heterocycles. The van der Waals surface area contributed by atoms with Crippen molar-refractivity contribution >= 4 is 23.2 Å². The predicted molar refractivity (Wildman–Crippen MR) is 76.8 cm³/mol. The summed E-state index contributed by atoms with van der Waals surface area (Å²) in [7, 11) is 0. The Morgan fingerprint density at radius 1 is 1.50 bits per heavy atom. The lowest BCUT2D eigenvalue weighted by molar-refractivity contribution is -0.125. The van der Waals surface area contributed by atoms with Gasteiger partial charge in [-0.2, -0.15) is 0 Å². The van der Waals surface area contributed by atoms with Crippen LogP contribution in [-0.4, -0.2) is 22.0 Å². The predicted octanol–water partition coefficient (Wildman–Crippen LogP) is 2.68. The second-order valence-electron chi connectivity index (χ2n) is 4.98. The standard InChI is InChI=1S/C14H18N2O3S/c1-8-11(14(18)19)20-13(16-8)9(2)15-12(17)10-6-4-3-5-7-10/h3-4,9-10H,5-7H2,1-2H3,(H,15,17)(H,18,19). The zero-order valence-electron chi connectivity index (χ0n) is 11.5. The molecule has 0 saturated carbocycles. The van der Waals surface area contributed by atoms with Crippen molar-refractivity contribution in [1.82, 2.24) is 10.3 Å². The average Bonchev–Trinajstić information content (AvgIpc) is 2.82. The van der Waals surface area contributed by atoms with E-state index in [1.54, 1.807) is 6.92 Å². The largest absolute Gasteiger partial charge is 0.477 e. The van der Waals surface area contributed by atoms with Crippen LogP contribution in [0, 0.1) is 12.8 Å².